The van der Waals surface area contributed by atoms with E-state index in [9.17, 15) is 22.8 Å². The number of hydrogen-bond acceptors (Lipinski definition) is 5. The molecule has 0 radical (unpaired) electrons. The first-order valence-corrected chi connectivity index (χ1v) is 8.26. The van der Waals surface area contributed by atoms with E-state index < -0.39 is 18.7 Å². The Morgan fingerprint density at radius 3 is 2.73 bits per heavy atom. The van der Waals surface area contributed by atoms with E-state index in [-0.39, 0.29) is 34.8 Å². The molecule has 26 heavy (non-hydrogen) atoms. The highest BCUT2D eigenvalue weighted by atomic mass is 32.1. The molecule has 0 fully saturated rings. The van der Waals surface area contributed by atoms with Crippen molar-refractivity contribution in [3.63, 3.8) is 0 Å². The molecule has 10 heteroatoms. The number of carbonyl (C=O) groups is 1. The van der Waals surface area contributed by atoms with Gasteiger partial charge in [0.15, 0.2) is 6.61 Å². The second-order valence-corrected chi connectivity index (χ2v) is 6.14. The quantitative estimate of drug-likeness (QED) is 0.828. The molecule has 2 aromatic rings. The number of nitrogens with one attached hydrogen (secondary N) is 1. The van der Waals surface area contributed by atoms with Crippen molar-refractivity contribution in [2.24, 2.45) is 0 Å². The number of hydrogen-bond donors (Lipinski definition) is 1. The van der Waals surface area contributed by atoms with E-state index in [4.69, 9.17) is 5.26 Å². The highest BCUT2D eigenvalue weighted by Gasteiger charge is 2.28. The van der Waals surface area contributed by atoms with Crippen LogP contribution in [0.25, 0.3) is 0 Å². The van der Waals surface area contributed by atoms with Crippen LogP contribution in [0, 0.1) is 18.3 Å². The molecule has 0 aliphatic carbocycles. The zero-order valence-corrected chi connectivity index (χ0v) is 14.4. The first-order valence-electron chi connectivity index (χ1n) is 7.38. The van der Waals surface area contributed by atoms with Crippen LogP contribution in [0.3, 0.4) is 0 Å². The minimum Gasteiger partial charge on any atom is -0.483 e. The predicted octanol–water partition coefficient (Wildman–Crippen LogP) is 3.06. The Labute approximate surface area is 150 Å². The zero-order valence-electron chi connectivity index (χ0n) is 13.6. The molecule has 6 nitrogen and oxygen atoms in total. The number of halogens is 3. The molecule has 0 spiro atoms. The molecule has 1 N–H and O–H groups in total. The lowest BCUT2D eigenvalue weighted by atomic mass is 10.2. The third kappa shape index (κ3) is 5.35. The summed E-state index contributed by atoms with van der Waals surface area (Å²) in [5, 5.41) is 13.3. The van der Waals surface area contributed by atoms with Gasteiger partial charge in [-0.05, 0) is 25.1 Å². The van der Waals surface area contributed by atoms with Crippen LogP contribution in [-0.2, 0) is 11.3 Å². The van der Waals surface area contributed by atoms with E-state index in [0.29, 0.717) is 0 Å². The molecule has 1 amide bonds. The number of aryl methyl sites for hydroxylation is 1. The summed E-state index contributed by atoms with van der Waals surface area (Å²) in [6.45, 7) is 0.453. The summed E-state index contributed by atoms with van der Waals surface area (Å²) >= 11 is 1.05. The fraction of sp³-hybridized carbons (Fsp3) is 0.312. The summed E-state index contributed by atoms with van der Waals surface area (Å²) < 4.78 is 42.6. The van der Waals surface area contributed by atoms with E-state index in [1.807, 2.05) is 0 Å². The van der Waals surface area contributed by atoms with Crippen LogP contribution < -0.4 is 14.9 Å². The number of alkyl halides is 3. The molecule has 1 aromatic carbocycles. The van der Waals surface area contributed by atoms with Gasteiger partial charge in [0.25, 0.3) is 0 Å². The second-order valence-electron chi connectivity index (χ2n) is 5.32. The number of nitriles is 1. The van der Waals surface area contributed by atoms with Crippen LogP contribution >= 0.6 is 11.3 Å². The average molecular weight is 385 g/mol. The number of anilines is 1. The Morgan fingerprint density at radius 2 is 2.15 bits per heavy atom. The SMILES string of the molecule is Cc1csc(=O)n1CCC(=O)Nc1ccc(OCC(F)(F)F)c(C#N)c1. The third-order valence-corrected chi connectivity index (χ3v) is 4.20. The van der Waals surface area contributed by atoms with Crippen LogP contribution in [0.2, 0.25) is 0 Å². The fourth-order valence-electron chi connectivity index (χ4n) is 2.09. The van der Waals surface area contributed by atoms with Gasteiger partial charge >= 0.3 is 11.0 Å². The molecule has 1 heterocycles. The molecule has 0 aliphatic rings. The van der Waals surface area contributed by atoms with Crippen molar-refractivity contribution in [1.29, 1.82) is 5.26 Å². The van der Waals surface area contributed by atoms with Crippen molar-refractivity contribution in [1.82, 2.24) is 4.57 Å². The number of rotatable bonds is 6. The van der Waals surface area contributed by atoms with Crippen LogP contribution in [-0.4, -0.2) is 23.3 Å². The molecule has 0 atom stereocenters. The lowest BCUT2D eigenvalue weighted by Crippen LogP contribution is -2.20. The molecular weight excluding hydrogens is 371 g/mol. The maximum atomic E-state index is 12.2. The largest absolute Gasteiger partial charge is 0.483 e. The standard InChI is InChI=1S/C16H14F3N3O3S/c1-10-8-26-15(24)22(10)5-4-14(23)21-12-2-3-13(11(6-12)7-20)25-9-16(17,18)19/h2-3,6,8H,4-5,9H2,1H3,(H,21,23). The van der Waals surface area contributed by atoms with Crippen molar-refractivity contribution < 1.29 is 22.7 Å². The van der Waals surface area contributed by atoms with Crippen molar-refractivity contribution in [2.75, 3.05) is 11.9 Å². The van der Waals surface area contributed by atoms with Gasteiger partial charge in [-0.1, -0.05) is 11.3 Å². The van der Waals surface area contributed by atoms with Crippen LogP contribution in [0.1, 0.15) is 17.7 Å². The molecule has 0 bridgehead atoms. The summed E-state index contributed by atoms with van der Waals surface area (Å²) in [5.74, 6) is -0.612. The third-order valence-electron chi connectivity index (χ3n) is 3.31. The average Bonchev–Trinajstić information content (AvgIpc) is 2.89. The fourth-order valence-corrected chi connectivity index (χ4v) is 2.85. The monoisotopic (exact) mass is 385 g/mol. The zero-order chi connectivity index (χ0) is 19.3. The van der Waals surface area contributed by atoms with Crippen LogP contribution in [0.15, 0.2) is 28.4 Å². The van der Waals surface area contributed by atoms with Gasteiger partial charge in [0.2, 0.25) is 5.91 Å². The molecule has 2 rings (SSSR count). The van der Waals surface area contributed by atoms with Gasteiger partial charge in [0, 0.05) is 29.7 Å². The van der Waals surface area contributed by atoms with Crippen LogP contribution in [0.4, 0.5) is 18.9 Å². The maximum absolute atomic E-state index is 12.2. The number of aromatic nitrogens is 1. The summed E-state index contributed by atoms with van der Waals surface area (Å²) in [6.07, 6.45) is -4.48. The van der Waals surface area contributed by atoms with E-state index in [2.05, 4.69) is 10.1 Å². The highest BCUT2D eigenvalue weighted by Crippen LogP contribution is 2.25. The van der Waals surface area contributed by atoms with Gasteiger partial charge in [0.1, 0.15) is 11.8 Å². The Bertz CT molecular complexity index is 897. The van der Waals surface area contributed by atoms with E-state index >= 15 is 0 Å². The molecule has 0 saturated heterocycles. The molecule has 1 aromatic heterocycles. The van der Waals surface area contributed by atoms with Gasteiger partial charge in [-0.2, -0.15) is 18.4 Å². The summed E-state index contributed by atoms with van der Waals surface area (Å²) in [7, 11) is 0. The number of carbonyl (C=O) groups excluding carboxylic acids is 1. The first-order chi connectivity index (χ1) is 12.2. The lowest BCUT2D eigenvalue weighted by molar-refractivity contribution is -0.153. The van der Waals surface area contributed by atoms with E-state index in [1.165, 1.54) is 22.8 Å². The summed E-state index contributed by atoms with van der Waals surface area (Å²) in [5.41, 5.74) is 0.878. The van der Waals surface area contributed by atoms with Crippen molar-refractivity contribution in [3.8, 4) is 11.8 Å². The summed E-state index contributed by atoms with van der Waals surface area (Å²) in [6, 6.07) is 5.48. The van der Waals surface area contributed by atoms with Gasteiger partial charge in [0.05, 0.1) is 5.56 Å². The Hall–Kier alpha value is -2.80. The highest BCUT2D eigenvalue weighted by molar-refractivity contribution is 7.07. The van der Waals surface area contributed by atoms with Crippen LogP contribution in [0.5, 0.6) is 5.75 Å². The molecular formula is C16H14F3N3O3S. The van der Waals surface area contributed by atoms with Gasteiger partial charge in [-0.3, -0.25) is 9.59 Å². The Balaban J connectivity index is 1.99. The van der Waals surface area contributed by atoms with E-state index in [0.717, 1.165) is 17.0 Å². The molecule has 138 valence electrons. The Kier molecular flexibility index (Phi) is 6.05. The molecule has 0 aliphatic heterocycles. The normalized spacial score (nSPS) is 11.0. The first kappa shape index (κ1) is 19.5. The second kappa shape index (κ2) is 8.05. The van der Waals surface area contributed by atoms with Gasteiger partial charge < -0.3 is 14.6 Å². The maximum Gasteiger partial charge on any atom is 0.422 e. The number of amides is 1. The lowest BCUT2D eigenvalue weighted by Gasteiger charge is -2.12. The minimum absolute atomic E-state index is 0.0334. The van der Waals surface area contributed by atoms with Crippen molar-refractivity contribution in [3.05, 3.63) is 44.5 Å². The summed E-state index contributed by atoms with van der Waals surface area (Å²) in [4.78, 5) is 23.4. The number of nitrogens with zero attached hydrogens (tertiary/aromatic N) is 2. The molecule has 0 unspecified atom stereocenters. The van der Waals surface area contributed by atoms with Gasteiger partial charge in [-0.25, -0.2) is 0 Å². The van der Waals surface area contributed by atoms with E-state index in [1.54, 1.807) is 18.4 Å². The van der Waals surface area contributed by atoms with Crippen molar-refractivity contribution >= 4 is 22.9 Å². The van der Waals surface area contributed by atoms with Crippen molar-refractivity contribution in [2.45, 2.75) is 26.1 Å². The number of benzene rings is 1. The smallest absolute Gasteiger partial charge is 0.422 e. The number of thiazole rings is 1. The van der Waals surface area contributed by atoms with Gasteiger partial charge in [-0.15, -0.1) is 0 Å². The Morgan fingerprint density at radius 1 is 1.42 bits per heavy atom. The topological polar surface area (TPSA) is 84.1 Å². The predicted molar refractivity (Wildman–Crippen MR) is 89.3 cm³/mol. The molecule has 0 saturated carbocycles. The minimum atomic E-state index is -4.52. The number of ether oxygens (including phenoxy) is 1.